The number of rotatable bonds is 4. The number of hydrogen-bond donors (Lipinski definition) is 3. The fraction of sp³-hybridized carbons (Fsp3) is 0.0909. The van der Waals surface area contributed by atoms with Crippen LogP contribution in [0.25, 0.3) is 22.2 Å². The van der Waals surface area contributed by atoms with E-state index in [4.69, 9.17) is 28.9 Å². The second-order valence-corrected chi connectivity index (χ2v) is 7.59. The fourth-order valence-corrected chi connectivity index (χ4v) is 3.57. The van der Waals surface area contributed by atoms with Gasteiger partial charge in [0.15, 0.2) is 0 Å². The van der Waals surface area contributed by atoms with Gasteiger partial charge in [-0.2, -0.15) is 0 Å². The molecule has 0 saturated carbocycles. The molecule has 2 heterocycles. The van der Waals surface area contributed by atoms with Crippen LogP contribution in [0.15, 0.2) is 60.9 Å². The average molecular weight is 425 g/mol. The van der Waals surface area contributed by atoms with E-state index in [1.165, 1.54) is 0 Å². The Balaban J connectivity index is 1.73. The van der Waals surface area contributed by atoms with Crippen LogP contribution in [0.2, 0.25) is 10.0 Å². The van der Waals surface area contributed by atoms with Gasteiger partial charge >= 0.3 is 0 Å². The Morgan fingerprint density at radius 2 is 1.93 bits per heavy atom. The van der Waals surface area contributed by atoms with E-state index in [1.807, 2.05) is 31.2 Å². The Kier molecular flexibility index (Phi) is 5.28. The highest BCUT2D eigenvalue weighted by molar-refractivity contribution is 6.42. The lowest BCUT2D eigenvalue weighted by Crippen LogP contribution is -2.14. The van der Waals surface area contributed by atoms with E-state index < -0.39 is 0 Å². The third-order valence-corrected chi connectivity index (χ3v) is 5.48. The third-order valence-electron chi connectivity index (χ3n) is 4.75. The van der Waals surface area contributed by atoms with E-state index in [1.54, 1.807) is 36.7 Å². The molecular formula is C22H18Cl2N4O. The lowest BCUT2D eigenvalue weighted by atomic mass is 9.93. The summed E-state index contributed by atoms with van der Waals surface area (Å²) in [5.41, 5.74) is 10.7. The van der Waals surface area contributed by atoms with E-state index in [-0.39, 0.29) is 11.9 Å². The lowest BCUT2D eigenvalue weighted by molar-refractivity contribution is 0.102. The van der Waals surface area contributed by atoms with Crippen LogP contribution in [-0.4, -0.2) is 15.9 Å². The molecule has 0 spiro atoms. The van der Waals surface area contributed by atoms with Gasteiger partial charge in [0.1, 0.15) is 5.65 Å². The van der Waals surface area contributed by atoms with Crippen molar-refractivity contribution >= 4 is 45.8 Å². The minimum Gasteiger partial charge on any atom is -0.346 e. The predicted octanol–water partition coefficient (Wildman–Crippen LogP) is 5.81. The molecule has 4 aromatic rings. The summed E-state index contributed by atoms with van der Waals surface area (Å²) >= 11 is 12.3. The van der Waals surface area contributed by atoms with Gasteiger partial charge in [0.05, 0.1) is 15.7 Å². The summed E-state index contributed by atoms with van der Waals surface area (Å²) < 4.78 is 0. The first-order chi connectivity index (χ1) is 13.9. The molecule has 1 amide bonds. The van der Waals surface area contributed by atoms with E-state index in [9.17, 15) is 4.79 Å². The molecule has 1 unspecified atom stereocenters. The maximum Gasteiger partial charge on any atom is 0.255 e. The Hall–Kier alpha value is -2.86. The number of carbonyl (C=O) groups excluding carboxylic acids is 1. The Labute approximate surface area is 177 Å². The number of H-pyrrole nitrogens is 1. The molecule has 146 valence electrons. The molecule has 0 saturated heterocycles. The van der Waals surface area contributed by atoms with Crippen LogP contribution in [0.3, 0.4) is 0 Å². The molecule has 0 aliphatic heterocycles. The van der Waals surface area contributed by atoms with Gasteiger partial charge < -0.3 is 16.0 Å². The molecule has 7 heteroatoms. The smallest absolute Gasteiger partial charge is 0.255 e. The summed E-state index contributed by atoms with van der Waals surface area (Å²) in [4.78, 5) is 20.2. The molecule has 2 aromatic heterocycles. The highest BCUT2D eigenvalue weighted by Crippen LogP contribution is 2.33. The Morgan fingerprint density at radius 3 is 2.69 bits per heavy atom. The number of aromatic amines is 1. The number of nitrogens with two attached hydrogens (primary N) is 1. The first-order valence-corrected chi connectivity index (χ1v) is 9.78. The van der Waals surface area contributed by atoms with Crippen molar-refractivity contribution in [2.75, 3.05) is 5.32 Å². The van der Waals surface area contributed by atoms with Gasteiger partial charge in [-0.15, -0.1) is 0 Å². The normalized spacial score (nSPS) is 12.1. The number of benzene rings is 2. The maximum absolute atomic E-state index is 12.9. The van der Waals surface area contributed by atoms with Crippen LogP contribution in [0.4, 0.5) is 5.69 Å². The molecule has 0 aliphatic carbocycles. The second kappa shape index (κ2) is 7.87. The molecule has 29 heavy (non-hydrogen) atoms. The van der Waals surface area contributed by atoms with Gasteiger partial charge in [-0.25, -0.2) is 4.98 Å². The zero-order chi connectivity index (χ0) is 20.5. The van der Waals surface area contributed by atoms with Crippen LogP contribution in [0, 0.1) is 0 Å². The molecule has 0 radical (unpaired) electrons. The number of pyridine rings is 1. The van der Waals surface area contributed by atoms with Gasteiger partial charge in [-0.05, 0) is 60.0 Å². The number of aromatic nitrogens is 2. The monoisotopic (exact) mass is 424 g/mol. The molecule has 0 bridgehead atoms. The van der Waals surface area contributed by atoms with Crippen LogP contribution in [-0.2, 0) is 0 Å². The van der Waals surface area contributed by atoms with Crippen molar-refractivity contribution in [1.82, 2.24) is 9.97 Å². The van der Waals surface area contributed by atoms with Gasteiger partial charge in [-0.1, -0.05) is 35.3 Å². The van der Waals surface area contributed by atoms with Crippen molar-refractivity contribution in [2.45, 2.75) is 13.0 Å². The summed E-state index contributed by atoms with van der Waals surface area (Å²) in [6.45, 7) is 1.90. The summed E-state index contributed by atoms with van der Waals surface area (Å²) in [6.07, 6.45) is 3.43. The number of halogens is 2. The Morgan fingerprint density at radius 1 is 1.10 bits per heavy atom. The van der Waals surface area contributed by atoms with Gasteiger partial charge in [-0.3, -0.25) is 4.79 Å². The van der Waals surface area contributed by atoms with Crippen LogP contribution < -0.4 is 11.1 Å². The van der Waals surface area contributed by atoms with Crippen molar-refractivity contribution in [3.05, 3.63) is 82.1 Å². The number of amides is 1. The number of carbonyl (C=O) groups is 1. The van der Waals surface area contributed by atoms with Crippen molar-refractivity contribution < 1.29 is 4.79 Å². The van der Waals surface area contributed by atoms with Crippen LogP contribution in [0.5, 0.6) is 0 Å². The number of anilines is 1. The first-order valence-electron chi connectivity index (χ1n) is 9.02. The summed E-state index contributed by atoms with van der Waals surface area (Å²) in [7, 11) is 0. The Bertz CT molecular complexity index is 1220. The number of nitrogens with zero attached hydrogens (tertiary/aromatic N) is 1. The molecule has 0 fully saturated rings. The second-order valence-electron chi connectivity index (χ2n) is 6.77. The quantitative estimate of drug-likeness (QED) is 0.386. The zero-order valence-corrected chi connectivity index (χ0v) is 17.1. The molecule has 5 nitrogen and oxygen atoms in total. The predicted molar refractivity (Wildman–Crippen MR) is 119 cm³/mol. The van der Waals surface area contributed by atoms with Crippen molar-refractivity contribution in [3.63, 3.8) is 0 Å². The number of hydrogen-bond acceptors (Lipinski definition) is 3. The minimum atomic E-state index is -0.226. The SMILES string of the molecule is CC(N)c1ccc(C(=O)Nc2ccnc3[nH]ccc23)cc1-c1ccc(Cl)c(Cl)c1. The van der Waals surface area contributed by atoms with E-state index in [0.717, 1.165) is 22.1 Å². The van der Waals surface area contributed by atoms with Gasteiger partial charge in [0.2, 0.25) is 0 Å². The van der Waals surface area contributed by atoms with E-state index in [0.29, 0.717) is 26.9 Å². The van der Waals surface area contributed by atoms with Crippen molar-refractivity contribution in [3.8, 4) is 11.1 Å². The summed E-state index contributed by atoms with van der Waals surface area (Å²) in [5, 5.41) is 4.72. The highest BCUT2D eigenvalue weighted by atomic mass is 35.5. The van der Waals surface area contributed by atoms with E-state index >= 15 is 0 Å². The highest BCUT2D eigenvalue weighted by Gasteiger charge is 2.15. The lowest BCUT2D eigenvalue weighted by Gasteiger charge is -2.16. The minimum absolute atomic E-state index is 0.212. The third kappa shape index (κ3) is 3.85. The fourth-order valence-electron chi connectivity index (χ4n) is 3.27. The van der Waals surface area contributed by atoms with Crippen molar-refractivity contribution in [1.29, 1.82) is 0 Å². The van der Waals surface area contributed by atoms with Gasteiger partial charge in [0.25, 0.3) is 5.91 Å². The molecule has 1 atom stereocenters. The zero-order valence-electron chi connectivity index (χ0n) is 15.5. The molecular weight excluding hydrogens is 407 g/mol. The average Bonchev–Trinajstić information content (AvgIpc) is 3.19. The number of fused-ring (bicyclic) bond motifs is 1. The summed E-state index contributed by atoms with van der Waals surface area (Å²) in [6, 6.07) is 14.3. The summed E-state index contributed by atoms with van der Waals surface area (Å²) in [5.74, 6) is -0.226. The van der Waals surface area contributed by atoms with Gasteiger partial charge in [0, 0.05) is 29.4 Å². The molecule has 4 N–H and O–H groups in total. The molecule has 0 aliphatic rings. The van der Waals surface area contributed by atoms with Crippen LogP contribution >= 0.6 is 23.2 Å². The molecule has 4 rings (SSSR count). The topological polar surface area (TPSA) is 83.8 Å². The maximum atomic E-state index is 12.9. The van der Waals surface area contributed by atoms with Crippen LogP contribution in [0.1, 0.15) is 28.9 Å². The molecule has 2 aromatic carbocycles. The first kappa shape index (κ1) is 19.5. The van der Waals surface area contributed by atoms with E-state index in [2.05, 4.69) is 15.3 Å². The standard InChI is InChI=1S/C22H18Cl2N4O/c1-12(25)15-4-2-14(10-17(15)13-3-5-18(23)19(24)11-13)22(29)28-20-7-9-27-21-16(20)6-8-26-21/h2-12H,25H2,1H3,(H2,26,27,28,29). The largest absolute Gasteiger partial charge is 0.346 e. The van der Waals surface area contributed by atoms with Crippen molar-refractivity contribution in [2.24, 2.45) is 5.73 Å². The number of nitrogens with one attached hydrogen (secondary N) is 2.